The Morgan fingerprint density at radius 1 is 1.00 bits per heavy atom. The van der Waals surface area contributed by atoms with Gasteiger partial charge in [0.05, 0.1) is 5.69 Å². The third-order valence-corrected chi connectivity index (χ3v) is 5.93. The summed E-state index contributed by atoms with van der Waals surface area (Å²) in [6.45, 7) is 8.40. The number of likely N-dealkylation sites (tertiary alicyclic amines) is 1. The van der Waals surface area contributed by atoms with Gasteiger partial charge in [-0.2, -0.15) is 5.10 Å². The summed E-state index contributed by atoms with van der Waals surface area (Å²) in [4.78, 5) is 7.43. The fraction of sp³-hybridized carbons (Fsp3) is 0.571. The number of nitrogens with zero attached hydrogens (tertiary/aromatic N) is 5. The number of hydrogen-bond donors (Lipinski definition) is 0. The number of rotatable bonds is 6. The zero-order chi connectivity index (χ0) is 18.5. The molecule has 1 atom stereocenters. The molecule has 0 radical (unpaired) electrons. The van der Waals surface area contributed by atoms with Crippen molar-refractivity contribution in [3.05, 3.63) is 48.5 Å². The Bertz CT molecular complexity index is 696. The Kier molecular flexibility index (Phi) is 6.04. The maximum absolute atomic E-state index is 14.0. The number of benzene rings is 1. The van der Waals surface area contributed by atoms with Gasteiger partial charge >= 0.3 is 0 Å². The molecule has 0 N–H and O–H groups in total. The molecule has 1 aromatic carbocycles. The van der Waals surface area contributed by atoms with E-state index in [1.165, 1.54) is 25.9 Å². The minimum atomic E-state index is -0.105. The number of halogens is 1. The Hall–Kier alpha value is -1.92. The Morgan fingerprint density at radius 3 is 2.63 bits per heavy atom. The number of aromatic nitrogens is 2. The van der Waals surface area contributed by atoms with Gasteiger partial charge in [-0.1, -0.05) is 12.1 Å². The predicted octanol–water partition coefficient (Wildman–Crippen LogP) is 2.70. The largest absolute Gasteiger partial charge is 0.367 e. The molecule has 3 heterocycles. The van der Waals surface area contributed by atoms with E-state index in [4.69, 9.17) is 0 Å². The molecule has 0 aliphatic carbocycles. The molecule has 2 aromatic rings. The Morgan fingerprint density at radius 2 is 1.85 bits per heavy atom. The first-order valence-electron chi connectivity index (χ1n) is 10.2. The van der Waals surface area contributed by atoms with Crippen molar-refractivity contribution in [2.45, 2.75) is 31.8 Å². The van der Waals surface area contributed by atoms with E-state index in [9.17, 15) is 4.39 Å². The summed E-state index contributed by atoms with van der Waals surface area (Å²) in [5.41, 5.74) is 0.751. The lowest BCUT2D eigenvalue weighted by Crippen LogP contribution is -2.55. The fourth-order valence-corrected chi connectivity index (χ4v) is 4.46. The van der Waals surface area contributed by atoms with Gasteiger partial charge in [0.1, 0.15) is 5.82 Å². The minimum Gasteiger partial charge on any atom is -0.367 e. The van der Waals surface area contributed by atoms with Gasteiger partial charge < -0.3 is 9.80 Å². The lowest BCUT2D eigenvalue weighted by molar-refractivity contribution is 0.0910. The van der Waals surface area contributed by atoms with Crippen molar-refractivity contribution >= 4 is 5.69 Å². The van der Waals surface area contributed by atoms with Gasteiger partial charge in [0, 0.05) is 57.7 Å². The topological polar surface area (TPSA) is 27.5 Å². The van der Waals surface area contributed by atoms with Crippen LogP contribution in [0.3, 0.4) is 0 Å². The SMILES string of the molecule is Fc1ccccc1N1CCN(C2CCCN(CCCn3cccn3)C2)CC1. The second-order valence-electron chi connectivity index (χ2n) is 7.69. The van der Waals surface area contributed by atoms with E-state index in [0.29, 0.717) is 6.04 Å². The summed E-state index contributed by atoms with van der Waals surface area (Å²) in [5, 5.41) is 4.28. The molecule has 0 amide bonds. The van der Waals surface area contributed by atoms with Gasteiger partial charge in [-0.05, 0) is 50.6 Å². The van der Waals surface area contributed by atoms with Gasteiger partial charge in [-0.3, -0.25) is 9.58 Å². The lowest BCUT2D eigenvalue weighted by Gasteiger charge is -2.44. The second kappa shape index (κ2) is 8.85. The number of hydrogen-bond acceptors (Lipinski definition) is 4. The van der Waals surface area contributed by atoms with Gasteiger partial charge in [0.25, 0.3) is 0 Å². The van der Waals surface area contributed by atoms with Crippen LogP contribution in [-0.4, -0.2) is 71.4 Å². The summed E-state index contributed by atoms with van der Waals surface area (Å²) in [6.07, 6.45) is 7.59. The van der Waals surface area contributed by atoms with E-state index in [0.717, 1.165) is 51.4 Å². The van der Waals surface area contributed by atoms with Crippen molar-refractivity contribution in [3.63, 3.8) is 0 Å². The summed E-state index contributed by atoms with van der Waals surface area (Å²) in [7, 11) is 0. The summed E-state index contributed by atoms with van der Waals surface area (Å²) < 4.78 is 16.0. The molecule has 4 rings (SSSR count). The zero-order valence-corrected chi connectivity index (χ0v) is 16.0. The second-order valence-corrected chi connectivity index (χ2v) is 7.69. The molecule has 2 aliphatic heterocycles. The van der Waals surface area contributed by atoms with E-state index in [1.807, 2.05) is 35.3 Å². The zero-order valence-electron chi connectivity index (χ0n) is 16.0. The monoisotopic (exact) mass is 371 g/mol. The highest BCUT2D eigenvalue weighted by molar-refractivity contribution is 5.48. The first kappa shape index (κ1) is 18.4. The third kappa shape index (κ3) is 4.68. The molecule has 0 bridgehead atoms. The molecule has 27 heavy (non-hydrogen) atoms. The van der Waals surface area contributed by atoms with Gasteiger partial charge in [0.2, 0.25) is 0 Å². The maximum atomic E-state index is 14.0. The van der Waals surface area contributed by atoms with E-state index >= 15 is 0 Å². The minimum absolute atomic E-state index is 0.105. The Balaban J connectivity index is 1.24. The summed E-state index contributed by atoms with van der Waals surface area (Å²) in [5.74, 6) is -0.105. The van der Waals surface area contributed by atoms with Crippen molar-refractivity contribution in [3.8, 4) is 0 Å². The fourth-order valence-electron chi connectivity index (χ4n) is 4.46. The van der Waals surface area contributed by atoms with Crippen LogP contribution in [0.2, 0.25) is 0 Å². The van der Waals surface area contributed by atoms with Crippen LogP contribution in [0.25, 0.3) is 0 Å². The number of aryl methyl sites for hydroxylation is 1. The first-order chi connectivity index (χ1) is 13.3. The van der Waals surface area contributed by atoms with Crippen LogP contribution in [0.15, 0.2) is 42.7 Å². The van der Waals surface area contributed by atoms with Crippen LogP contribution >= 0.6 is 0 Å². The van der Waals surface area contributed by atoms with Gasteiger partial charge in [-0.25, -0.2) is 4.39 Å². The standard InChI is InChI=1S/C21H30FN5/c22-20-7-1-2-8-21(20)26-16-14-25(15-17-26)19-6-3-10-24(18-19)11-5-13-27-12-4-9-23-27/h1-2,4,7-9,12,19H,3,5-6,10-11,13-18H2. The lowest BCUT2D eigenvalue weighted by atomic mass is 10.0. The maximum Gasteiger partial charge on any atom is 0.146 e. The molecule has 1 unspecified atom stereocenters. The highest BCUT2D eigenvalue weighted by Gasteiger charge is 2.28. The number of piperidine rings is 1. The van der Waals surface area contributed by atoms with Crippen LogP contribution in [0.4, 0.5) is 10.1 Å². The molecule has 2 aliphatic rings. The molecule has 5 nitrogen and oxygen atoms in total. The van der Waals surface area contributed by atoms with Crippen LogP contribution in [0.5, 0.6) is 0 Å². The quantitative estimate of drug-likeness (QED) is 0.780. The van der Waals surface area contributed by atoms with Crippen molar-refractivity contribution in [1.29, 1.82) is 0 Å². The molecule has 2 saturated heterocycles. The molecule has 1 aromatic heterocycles. The molecular formula is C21H30FN5. The predicted molar refractivity (Wildman–Crippen MR) is 106 cm³/mol. The average molecular weight is 372 g/mol. The van der Waals surface area contributed by atoms with E-state index < -0.39 is 0 Å². The third-order valence-electron chi connectivity index (χ3n) is 5.93. The van der Waals surface area contributed by atoms with Crippen LogP contribution in [0, 0.1) is 5.82 Å². The molecule has 6 heteroatoms. The number of piperazine rings is 1. The highest BCUT2D eigenvalue weighted by atomic mass is 19.1. The van der Waals surface area contributed by atoms with Crippen molar-refractivity contribution in [1.82, 2.24) is 19.6 Å². The number of anilines is 1. The Labute approximate surface area is 161 Å². The van der Waals surface area contributed by atoms with Crippen LogP contribution < -0.4 is 4.90 Å². The number of para-hydroxylation sites is 1. The average Bonchev–Trinajstić information content (AvgIpc) is 3.22. The molecule has 2 fully saturated rings. The van der Waals surface area contributed by atoms with Gasteiger partial charge in [-0.15, -0.1) is 0 Å². The van der Waals surface area contributed by atoms with Crippen LogP contribution in [0.1, 0.15) is 19.3 Å². The van der Waals surface area contributed by atoms with E-state index in [2.05, 4.69) is 19.8 Å². The van der Waals surface area contributed by atoms with Crippen LogP contribution in [-0.2, 0) is 6.54 Å². The molecular weight excluding hydrogens is 341 g/mol. The smallest absolute Gasteiger partial charge is 0.146 e. The van der Waals surface area contributed by atoms with E-state index in [-0.39, 0.29) is 5.82 Å². The first-order valence-corrected chi connectivity index (χ1v) is 10.2. The molecule has 0 spiro atoms. The highest BCUT2D eigenvalue weighted by Crippen LogP contribution is 2.23. The van der Waals surface area contributed by atoms with Gasteiger partial charge in [0.15, 0.2) is 0 Å². The van der Waals surface area contributed by atoms with Crippen molar-refractivity contribution in [2.24, 2.45) is 0 Å². The molecule has 146 valence electrons. The normalized spacial score (nSPS) is 22.3. The van der Waals surface area contributed by atoms with Crippen molar-refractivity contribution < 1.29 is 4.39 Å². The summed E-state index contributed by atoms with van der Waals surface area (Å²) >= 11 is 0. The molecule has 0 saturated carbocycles. The van der Waals surface area contributed by atoms with Crippen molar-refractivity contribution in [2.75, 3.05) is 50.7 Å². The summed E-state index contributed by atoms with van der Waals surface area (Å²) in [6, 6.07) is 9.77. The van der Waals surface area contributed by atoms with E-state index in [1.54, 1.807) is 12.1 Å².